The summed E-state index contributed by atoms with van der Waals surface area (Å²) in [5.74, 6) is 0.654. The number of anilines is 1. The molecule has 0 aliphatic heterocycles. The zero-order valence-corrected chi connectivity index (χ0v) is 22.3. The van der Waals surface area contributed by atoms with Crippen LogP contribution in [-0.2, 0) is 11.2 Å². The molecular weight excluding hydrogens is 502 g/mol. The maximum atomic E-state index is 12.8. The number of aryl methyl sites for hydroxylation is 2. The quantitative estimate of drug-likeness (QED) is 0.139. The van der Waals surface area contributed by atoms with Crippen LogP contribution >= 0.6 is 11.8 Å². The molecule has 0 spiro atoms. The number of unbranched alkanes of at least 4 members (excludes halogenated alkanes) is 1. The van der Waals surface area contributed by atoms with Crippen molar-refractivity contribution in [1.82, 2.24) is 14.8 Å². The van der Waals surface area contributed by atoms with E-state index in [9.17, 15) is 14.9 Å². The molecule has 1 aromatic heterocycles. The molecule has 0 unspecified atom stereocenters. The van der Waals surface area contributed by atoms with Crippen molar-refractivity contribution >= 4 is 29.0 Å². The molecule has 3 aromatic carbocycles. The first-order valence-electron chi connectivity index (χ1n) is 12.3. The van der Waals surface area contributed by atoms with Gasteiger partial charge >= 0.3 is 0 Å². The van der Waals surface area contributed by atoms with E-state index >= 15 is 0 Å². The normalized spacial score (nSPS) is 10.8. The Balaban J connectivity index is 1.57. The molecule has 1 amide bonds. The third kappa shape index (κ3) is 6.38. The first kappa shape index (κ1) is 26.9. The first-order valence-corrected chi connectivity index (χ1v) is 13.2. The highest BCUT2D eigenvalue weighted by Crippen LogP contribution is 2.31. The molecule has 0 bridgehead atoms. The maximum Gasteiger partial charge on any atom is 0.273 e. The fourth-order valence-corrected chi connectivity index (χ4v) is 4.64. The fourth-order valence-electron chi connectivity index (χ4n) is 3.89. The van der Waals surface area contributed by atoms with E-state index in [1.165, 1.54) is 42.6 Å². The number of benzene rings is 3. The second kappa shape index (κ2) is 12.4. The van der Waals surface area contributed by atoms with Crippen molar-refractivity contribution in [1.29, 1.82) is 0 Å². The molecule has 1 N–H and O–H groups in total. The summed E-state index contributed by atoms with van der Waals surface area (Å²) in [4.78, 5) is 23.3. The number of methoxy groups -OCH3 is 1. The maximum absolute atomic E-state index is 12.8. The summed E-state index contributed by atoms with van der Waals surface area (Å²) in [6.45, 7) is 4.21. The molecular formula is C28H29N5O4S. The van der Waals surface area contributed by atoms with Crippen molar-refractivity contribution in [3.63, 3.8) is 0 Å². The molecule has 0 fully saturated rings. The molecule has 9 nitrogen and oxygen atoms in total. The van der Waals surface area contributed by atoms with Gasteiger partial charge in [0.1, 0.15) is 5.75 Å². The zero-order chi connectivity index (χ0) is 27.1. The summed E-state index contributed by atoms with van der Waals surface area (Å²) < 4.78 is 7.18. The smallest absolute Gasteiger partial charge is 0.273 e. The molecule has 0 radical (unpaired) electrons. The van der Waals surface area contributed by atoms with Crippen LogP contribution < -0.4 is 10.1 Å². The van der Waals surface area contributed by atoms with Crippen LogP contribution in [0.4, 0.5) is 11.4 Å². The van der Waals surface area contributed by atoms with Gasteiger partial charge in [0.15, 0.2) is 11.0 Å². The van der Waals surface area contributed by atoms with Gasteiger partial charge in [0, 0.05) is 17.3 Å². The van der Waals surface area contributed by atoms with Crippen molar-refractivity contribution in [3.05, 3.63) is 88.0 Å². The van der Waals surface area contributed by atoms with Gasteiger partial charge in [-0.1, -0.05) is 67.1 Å². The van der Waals surface area contributed by atoms with E-state index in [-0.39, 0.29) is 23.1 Å². The number of nitro groups is 1. The molecule has 0 saturated carbocycles. The summed E-state index contributed by atoms with van der Waals surface area (Å²) in [7, 11) is 1.39. The third-order valence-electron chi connectivity index (χ3n) is 5.96. The number of hydrogen-bond donors (Lipinski definition) is 1. The standard InChI is InChI=1S/C28H29N5O4S/c1-4-5-6-20-9-13-22(14-10-20)32-27(21-11-7-19(2)8-12-21)30-31-28(32)38-18-26(34)29-24-16-15-23(33(35)36)17-25(24)37-3/h7-17H,4-6,18H2,1-3H3,(H,29,34). The average Bonchev–Trinajstić information content (AvgIpc) is 3.35. The van der Waals surface area contributed by atoms with Gasteiger partial charge in [-0.3, -0.25) is 19.5 Å². The molecule has 0 aliphatic carbocycles. The number of rotatable bonds is 11. The van der Waals surface area contributed by atoms with Gasteiger partial charge < -0.3 is 10.1 Å². The number of nitrogens with zero attached hydrogens (tertiary/aromatic N) is 4. The lowest BCUT2D eigenvalue weighted by atomic mass is 10.1. The van der Waals surface area contributed by atoms with Crippen LogP contribution in [0.5, 0.6) is 5.75 Å². The number of nitro benzene ring substituents is 1. The number of non-ortho nitro benzene ring substituents is 1. The van der Waals surface area contributed by atoms with Crippen molar-refractivity contribution in [2.75, 3.05) is 18.2 Å². The Labute approximate surface area is 225 Å². The second-order valence-corrected chi connectivity index (χ2v) is 9.70. The predicted molar refractivity (Wildman–Crippen MR) is 149 cm³/mol. The number of carbonyl (C=O) groups is 1. The number of carbonyl (C=O) groups excluding carboxylic acids is 1. The Hall–Kier alpha value is -4.18. The van der Waals surface area contributed by atoms with E-state index in [2.05, 4.69) is 46.7 Å². The molecule has 0 saturated heterocycles. The van der Waals surface area contributed by atoms with Crippen LogP contribution in [-0.4, -0.2) is 38.5 Å². The highest BCUT2D eigenvalue weighted by atomic mass is 32.2. The van der Waals surface area contributed by atoms with Gasteiger partial charge in [-0.2, -0.15) is 0 Å². The van der Waals surface area contributed by atoms with Gasteiger partial charge in [-0.15, -0.1) is 10.2 Å². The van der Waals surface area contributed by atoms with E-state index < -0.39 is 4.92 Å². The van der Waals surface area contributed by atoms with E-state index in [4.69, 9.17) is 4.74 Å². The lowest BCUT2D eigenvalue weighted by Crippen LogP contribution is -2.15. The molecule has 0 atom stereocenters. The molecule has 1 heterocycles. The molecule has 196 valence electrons. The summed E-state index contributed by atoms with van der Waals surface area (Å²) in [6.07, 6.45) is 3.30. The Morgan fingerprint density at radius 2 is 1.82 bits per heavy atom. The van der Waals surface area contributed by atoms with Crippen LogP contribution in [0.2, 0.25) is 0 Å². The molecule has 4 rings (SSSR count). The largest absolute Gasteiger partial charge is 0.494 e. The second-order valence-electron chi connectivity index (χ2n) is 8.76. The molecule has 0 aliphatic rings. The Kier molecular flexibility index (Phi) is 8.75. The number of hydrogen-bond acceptors (Lipinski definition) is 7. The highest BCUT2D eigenvalue weighted by molar-refractivity contribution is 7.99. The van der Waals surface area contributed by atoms with Crippen molar-refractivity contribution < 1.29 is 14.5 Å². The van der Waals surface area contributed by atoms with Gasteiger partial charge in [-0.05, 0) is 43.5 Å². The average molecular weight is 532 g/mol. The van der Waals surface area contributed by atoms with Gasteiger partial charge in [0.2, 0.25) is 5.91 Å². The number of thioether (sulfide) groups is 1. The lowest BCUT2D eigenvalue weighted by molar-refractivity contribution is -0.384. The summed E-state index contributed by atoms with van der Waals surface area (Å²) in [6, 6.07) is 20.5. The van der Waals surface area contributed by atoms with Crippen molar-refractivity contribution in [2.45, 2.75) is 38.3 Å². The Morgan fingerprint density at radius 1 is 1.08 bits per heavy atom. The lowest BCUT2D eigenvalue weighted by Gasteiger charge is -2.12. The summed E-state index contributed by atoms with van der Waals surface area (Å²) in [5.41, 5.74) is 4.48. The van der Waals surface area contributed by atoms with Crippen LogP contribution in [0, 0.1) is 17.0 Å². The van der Waals surface area contributed by atoms with Crippen molar-refractivity contribution in [2.24, 2.45) is 0 Å². The van der Waals surface area contributed by atoms with Crippen molar-refractivity contribution in [3.8, 4) is 22.8 Å². The number of nitrogens with one attached hydrogen (secondary N) is 1. The highest BCUT2D eigenvalue weighted by Gasteiger charge is 2.19. The Bertz CT molecular complexity index is 1420. The van der Waals surface area contributed by atoms with Crippen LogP contribution in [0.15, 0.2) is 71.9 Å². The first-order chi connectivity index (χ1) is 18.4. The minimum absolute atomic E-state index is 0.0563. The number of aromatic nitrogens is 3. The zero-order valence-electron chi connectivity index (χ0n) is 21.5. The minimum Gasteiger partial charge on any atom is -0.494 e. The van der Waals surface area contributed by atoms with Gasteiger partial charge in [-0.25, -0.2) is 0 Å². The van der Waals surface area contributed by atoms with E-state index in [1.54, 1.807) is 0 Å². The topological polar surface area (TPSA) is 112 Å². The molecule has 4 aromatic rings. The summed E-state index contributed by atoms with van der Waals surface area (Å²) in [5, 5.41) is 23.2. The number of amides is 1. The third-order valence-corrected chi connectivity index (χ3v) is 6.89. The minimum atomic E-state index is -0.515. The van der Waals surface area contributed by atoms with Gasteiger partial charge in [0.25, 0.3) is 5.69 Å². The van der Waals surface area contributed by atoms with Crippen LogP contribution in [0.3, 0.4) is 0 Å². The SMILES string of the molecule is CCCCc1ccc(-n2c(SCC(=O)Nc3ccc([N+](=O)[O-])cc3OC)nnc2-c2ccc(C)cc2)cc1. The van der Waals surface area contributed by atoms with Crippen LogP contribution in [0.1, 0.15) is 30.9 Å². The molecule has 10 heteroatoms. The molecule has 38 heavy (non-hydrogen) atoms. The predicted octanol–water partition coefficient (Wildman–Crippen LogP) is 6.23. The summed E-state index contributed by atoms with van der Waals surface area (Å²) >= 11 is 1.26. The van der Waals surface area contributed by atoms with E-state index in [0.717, 1.165) is 36.1 Å². The van der Waals surface area contributed by atoms with Gasteiger partial charge in [0.05, 0.1) is 29.5 Å². The van der Waals surface area contributed by atoms with E-state index in [0.29, 0.717) is 16.7 Å². The fraction of sp³-hybridized carbons (Fsp3) is 0.250. The van der Waals surface area contributed by atoms with E-state index in [1.807, 2.05) is 35.8 Å². The monoisotopic (exact) mass is 531 g/mol. The number of ether oxygens (including phenoxy) is 1. The van der Waals surface area contributed by atoms with Crippen LogP contribution in [0.25, 0.3) is 17.1 Å². The Morgan fingerprint density at radius 3 is 2.47 bits per heavy atom.